The third-order valence-corrected chi connectivity index (χ3v) is 5.14. The molecule has 156 valence electrons. The maximum absolute atomic E-state index is 12.5. The molecule has 1 heterocycles. The van der Waals surface area contributed by atoms with E-state index in [1.165, 1.54) is 4.90 Å². The van der Waals surface area contributed by atoms with Crippen LogP contribution in [0, 0.1) is 0 Å². The molecule has 0 radical (unpaired) electrons. The molecule has 1 amide bonds. The van der Waals surface area contributed by atoms with Gasteiger partial charge < -0.3 is 20.8 Å². The number of carbonyl (C=O) groups is 3. The van der Waals surface area contributed by atoms with Gasteiger partial charge in [-0.1, -0.05) is 38.5 Å². The topological polar surface area (TPSA) is 133 Å². The van der Waals surface area contributed by atoms with Crippen molar-refractivity contribution in [1.29, 1.82) is 0 Å². The van der Waals surface area contributed by atoms with Gasteiger partial charge in [0.1, 0.15) is 12.1 Å². The monoisotopic (exact) mass is 385 g/mol. The number of unbranched alkanes of at least 4 members (excludes halogenated alkanes) is 6. The number of carbonyl (C=O) groups excluding carboxylic acids is 1. The average molecular weight is 386 g/mol. The zero-order valence-corrected chi connectivity index (χ0v) is 16.4. The molecular formula is C19H35N3O5. The molecule has 1 rings (SSSR count). The Kier molecular flexibility index (Phi) is 11.0. The van der Waals surface area contributed by atoms with E-state index in [2.05, 4.69) is 5.32 Å². The maximum Gasteiger partial charge on any atom is 0.326 e. The molecular weight excluding hydrogens is 350 g/mol. The highest BCUT2D eigenvalue weighted by Gasteiger charge is 2.36. The van der Waals surface area contributed by atoms with Crippen molar-refractivity contribution in [3.05, 3.63) is 0 Å². The number of hydrogen-bond acceptors (Lipinski definition) is 5. The van der Waals surface area contributed by atoms with Crippen LogP contribution in [-0.2, 0) is 14.4 Å². The molecule has 0 aromatic carbocycles. The summed E-state index contributed by atoms with van der Waals surface area (Å²) in [4.78, 5) is 36.6. The number of aliphatic carboxylic acids is 2. The van der Waals surface area contributed by atoms with Crippen LogP contribution in [0.4, 0.5) is 0 Å². The highest BCUT2D eigenvalue weighted by Crippen LogP contribution is 2.19. The van der Waals surface area contributed by atoms with Gasteiger partial charge in [0.2, 0.25) is 5.91 Å². The van der Waals surface area contributed by atoms with E-state index in [1.807, 2.05) is 0 Å². The van der Waals surface area contributed by atoms with Crippen molar-refractivity contribution in [3.8, 4) is 0 Å². The first-order chi connectivity index (χ1) is 12.9. The van der Waals surface area contributed by atoms with Gasteiger partial charge in [-0.15, -0.1) is 0 Å². The van der Waals surface area contributed by atoms with Gasteiger partial charge in [-0.25, -0.2) is 4.79 Å². The number of nitrogens with two attached hydrogens (primary N) is 1. The number of hydrogen-bond donors (Lipinski definition) is 4. The Hall–Kier alpha value is -1.67. The molecule has 0 aromatic heterocycles. The van der Waals surface area contributed by atoms with Gasteiger partial charge in [0.25, 0.3) is 0 Å². The van der Waals surface area contributed by atoms with Gasteiger partial charge in [-0.05, 0) is 39.2 Å². The summed E-state index contributed by atoms with van der Waals surface area (Å²) in [6.45, 7) is 2.74. The number of amides is 1. The Balaban J connectivity index is 2.37. The summed E-state index contributed by atoms with van der Waals surface area (Å²) in [5.41, 5.74) is 5.46. The first-order valence-electron chi connectivity index (χ1n) is 10.1. The van der Waals surface area contributed by atoms with E-state index in [4.69, 9.17) is 5.73 Å². The number of rotatable bonds is 14. The first kappa shape index (κ1) is 23.4. The van der Waals surface area contributed by atoms with Crippen molar-refractivity contribution < 1.29 is 24.6 Å². The minimum atomic E-state index is -1.01. The van der Waals surface area contributed by atoms with Crippen molar-refractivity contribution in [2.45, 2.75) is 89.3 Å². The van der Waals surface area contributed by atoms with Crippen molar-refractivity contribution >= 4 is 17.8 Å². The summed E-state index contributed by atoms with van der Waals surface area (Å²) in [5, 5.41) is 21.5. The second-order valence-corrected chi connectivity index (χ2v) is 7.36. The van der Waals surface area contributed by atoms with E-state index in [1.54, 1.807) is 6.92 Å². The van der Waals surface area contributed by atoms with Crippen LogP contribution in [-0.4, -0.2) is 64.2 Å². The molecule has 1 aliphatic rings. The number of likely N-dealkylation sites (tertiary alicyclic amines) is 1. The predicted molar refractivity (Wildman–Crippen MR) is 102 cm³/mol. The summed E-state index contributed by atoms with van der Waals surface area (Å²) in [6.07, 6.45) is 8.85. The second-order valence-electron chi connectivity index (χ2n) is 7.36. The van der Waals surface area contributed by atoms with Crippen LogP contribution in [0.15, 0.2) is 0 Å². The van der Waals surface area contributed by atoms with Gasteiger partial charge in [0, 0.05) is 6.54 Å². The number of nitrogens with one attached hydrogen (secondary N) is 1. The summed E-state index contributed by atoms with van der Waals surface area (Å²) in [5.74, 6) is -2.32. The van der Waals surface area contributed by atoms with Crippen LogP contribution < -0.4 is 11.1 Å². The minimum Gasteiger partial charge on any atom is -0.480 e. The van der Waals surface area contributed by atoms with E-state index >= 15 is 0 Å². The summed E-state index contributed by atoms with van der Waals surface area (Å²) >= 11 is 0. The average Bonchev–Trinajstić information content (AvgIpc) is 3.11. The van der Waals surface area contributed by atoms with Crippen LogP contribution in [0.5, 0.6) is 0 Å². The third-order valence-electron chi connectivity index (χ3n) is 5.14. The lowest BCUT2D eigenvalue weighted by molar-refractivity contribution is -0.149. The predicted octanol–water partition coefficient (Wildman–Crippen LogP) is 1.57. The Labute approximate surface area is 161 Å². The highest BCUT2D eigenvalue weighted by atomic mass is 16.4. The van der Waals surface area contributed by atoms with Gasteiger partial charge in [-0.2, -0.15) is 0 Å². The molecule has 3 atom stereocenters. The lowest BCUT2D eigenvalue weighted by atomic mass is 10.0. The summed E-state index contributed by atoms with van der Waals surface area (Å²) in [7, 11) is 0. The van der Waals surface area contributed by atoms with Gasteiger partial charge in [-0.3, -0.25) is 14.9 Å². The molecule has 0 aliphatic carbocycles. The quantitative estimate of drug-likeness (QED) is 0.334. The Bertz CT molecular complexity index is 486. The van der Waals surface area contributed by atoms with Crippen LogP contribution >= 0.6 is 0 Å². The van der Waals surface area contributed by atoms with Crippen LogP contribution in [0.1, 0.15) is 71.1 Å². The number of carboxylic acids is 2. The molecule has 0 saturated carbocycles. The molecule has 1 fully saturated rings. The van der Waals surface area contributed by atoms with Gasteiger partial charge in [0.15, 0.2) is 0 Å². The smallest absolute Gasteiger partial charge is 0.326 e. The SMILES string of the molecule is C[C@H](NC(CCCCCCCCCN)C(=O)O)C(=O)N1CCC[C@H]1C(=O)O. The van der Waals surface area contributed by atoms with Crippen molar-refractivity contribution in [1.82, 2.24) is 10.2 Å². The Morgan fingerprint density at radius 3 is 2.22 bits per heavy atom. The zero-order chi connectivity index (χ0) is 20.2. The zero-order valence-electron chi connectivity index (χ0n) is 16.4. The molecule has 1 aliphatic heterocycles. The normalized spacial score (nSPS) is 19.0. The highest BCUT2D eigenvalue weighted by molar-refractivity contribution is 5.88. The maximum atomic E-state index is 12.5. The Morgan fingerprint density at radius 1 is 1.07 bits per heavy atom. The second kappa shape index (κ2) is 12.7. The summed E-state index contributed by atoms with van der Waals surface area (Å²) in [6, 6.07) is -2.32. The van der Waals surface area contributed by atoms with Crippen LogP contribution in [0.2, 0.25) is 0 Å². The van der Waals surface area contributed by atoms with Crippen LogP contribution in [0.3, 0.4) is 0 Å². The first-order valence-corrected chi connectivity index (χ1v) is 10.1. The van der Waals surface area contributed by atoms with E-state index in [0.29, 0.717) is 25.8 Å². The molecule has 5 N–H and O–H groups in total. The van der Waals surface area contributed by atoms with E-state index in [9.17, 15) is 24.6 Å². The fourth-order valence-electron chi connectivity index (χ4n) is 3.56. The van der Waals surface area contributed by atoms with E-state index < -0.39 is 30.1 Å². The fraction of sp³-hybridized carbons (Fsp3) is 0.842. The lowest BCUT2D eigenvalue weighted by Crippen LogP contribution is -2.53. The third kappa shape index (κ3) is 8.26. The number of carboxylic acid groups (broad SMARTS) is 2. The molecule has 0 bridgehead atoms. The van der Waals surface area contributed by atoms with Crippen molar-refractivity contribution in [2.24, 2.45) is 5.73 Å². The van der Waals surface area contributed by atoms with Crippen molar-refractivity contribution in [3.63, 3.8) is 0 Å². The van der Waals surface area contributed by atoms with Gasteiger partial charge >= 0.3 is 11.9 Å². The van der Waals surface area contributed by atoms with Crippen molar-refractivity contribution in [2.75, 3.05) is 13.1 Å². The lowest BCUT2D eigenvalue weighted by Gasteiger charge is -2.27. The number of nitrogens with zero attached hydrogens (tertiary/aromatic N) is 1. The molecule has 27 heavy (non-hydrogen) atoms. The fourth-order valence-corrected chi connectivity index (χ4v) is 3.56. The van der Waals surface area contributed by atoms with E-state index in [0.717, 1.165) is 51.5 Å². The van der Waals surface area contributed by atoms with Gasteiger partial charge in [0.05, 0.1) is 6.04 Å². The van der Waals surface area contributed by atoms with E-state index in [-0.39, 0.29) is 5.91 Å². The molecule has 1 saturated heterocycles. The molecule has 8 heteroatoms. The van der Waals surface area contributed by atoms with Crippen LogP contribution in [0.25, 0.3) is 0 Å². The minimum absolute atomic E-state index is 0.342. The summed E-state index contributed by atoms with van der Waals surface area (Å²) < 4.78 is 0. The molecule has 0 aromatic rings. The molecule has 0 spiro atoms. The Morgan fingerprint density at radius 2 is 1.67 bits per heavy atom. The standard InChI is InChI=1S/C19H35N3O5/c1-14(17(23)22-13-9-11-16(22)19(26)27)21-15(18(24)25)10-7-5-3-2-4-6-8-12-20/h14-16,21H,2-13,20H2,1H3,(H,24,25)(H,26,27)/t14-,15?,16-/m0/s1. The molecule has 8 nitrogen and oxygen atoms in total. The molecule has 1 unspecified atom stereocenters. The largest absolute Gasteiger partial charge is 0.480 e.